The molecule has 0 saturated carbocycles. The zero-order valence-electron chi connectivity index (χ0n) is 12.8. The first-order valence-electron chi connectivity index (χ1n) is 7.76. The maximum atomic E-state index is 6.01. The summed E-state index contributed by atoms with van der Waals surface area (Å²) in [6.07, 6.45) is 4.95. The van der Waals surface area contributed by atoms with Gasteiger partial charge in [0.05, 0.1) is 0 Å². The number of nitrogens with zero attached hydrogens (tertiary/aromatic N) is 2. The highest BCUT2D eigenvalue weighted by Gasteiger charge is 2.27. The van der Waals surface area contributed by atoms with E-state index in [-0.39, 0.29) is 6.04 Å². The Morgan fingerprint density at radius 1 is 1.29 bits per heavy atom. The molecule has 110 valence electrons. The van der Waals surface area contributed by atoms with Crippen molar-refractivity contribution in [1.82, 2.24) is 4.98 Å². The van der Waals surface area contributed by atoms with Crippen molar-refractivity contribution in [2.75, 3.05) is 4.90 Å². The molecule has 3 rings (SSSR count). The van der Waals surface area contributed by atoms with Gasteiger partial charge in [-0.3, -0.25) is 0 Å². The summed E-state index contributed by atoms with van der Waals surface area (Å²) in [6, 6.07) is 13.6. The van der Waals surface area contributed by atoms with Gasteiger partial charge in [0.15, 0.2) is 0 Å². The lowest BCUT2D eigenvalue weighted by atomic mass is 10.1. The minimum absolute atomic E-state index is 0.226. The number of hydrogen-bond acceptors (Lipinski definition) is 3. The lowest BCUT2D eigenvalue weighted by Crippen LogP contribution is -2.25. The summed E-state index contributed by atoms with van der Waals surface area (Å²) in [6.45, 7) is 4.37. The number of pyridine rings is 1. The third-order valence-electron chi connectivity index (χ3n) is 4.29. The van der Waals surface area contributed by atoms with E-state index in [0.717, 1.165) is 25.1 Å². The predicted octanol–water partition coefficient (Wildman–Crippen LogP) is 3.44. The molecule has 0 amide bonds. The normalized spacial score (nSPS) is 18.6. The quantitative estimate of drug-likeness (QED) is 0.933. The number of benzene rings is 1. The molecule has 0 bridgehead atoms. The van der Waals surface area contributed by atoms with Crippen LogP contribution in [0, 0.1) is 0 Å². The fraction of sp³-hybridized carbons (Fsp3) is 0.389. The summed E-state index contributed by atoms with van der Waals surface area (Å²) in [5.74, 6) is 1.03. The van der Waals surface area contributed by atoms with Gasteiger partial charge in [0, 0.05) is 24.0 Å². The van der Waals surface area contributed by atoms with Gasteiger partial charge >= 0.3 is 0 Å². The fourth-order valence-electron chi connectivity index (χ4n) is 3.04. The van der Waals surface area contributed by atoms with Crippen molar-refractivity contribution < 1.29 is 0 Å². The molecule has 1 aliphatic rings. The molecule has 0 fully saturated rings. The van der Waals surface area contributed by atoms with Crippen LogP contribution in [0.1, 0.15) is 31.4 Å². The molecule has 2 aromatic rings. The summed E-state index contributed by atoms with van der Waals surface area (Å²) in [4.78, 5) is 7.00. The van der Waals surface area contributed by atoms with Crippen LogP contribution in [0.3, 0.4) is 0 Å². The maximum absolute atomic E-state index is 6.01. The van der Waals surface area contributed by atoms with Gasteiger partial charge in [0.2, 0.25) is 0 Å². The van der Waals surface area contributed by atoms with E-state index in [2.05, 4.69) is 60.1 Å². The predicted molar refractivity (Wildman–Crippen MR) is 88.0 cm³/mol. The molecule has 2 heterocycles. The summed E-state index contributed by atoms with van der Waals surface area (Å²) < 4.78 is 0. The molecule has 1 aliphatic heterocycles. The Morgan fingerprint density at radius 3 is 2.81 bits per heavy atom. The van der Waals surface area contributed by atoms with E-state index in [9.17, 15) is 0 Å². The SMILES string of the molecule is CCC(N)Cc1ccc(N2c3ccccc3CC2C)nc1. The number of nitrogens with two attached hydrogens (primary N) is 1. The average Bonchev–Trinajstić information content (AvgIpc) is 2.84. The highest BCUT2D eigenvalue weighted by atomic mass is 15.2. The van der Waals surface area contributed by atoms with E-state index >= 15 is 0 Å². The van der Waals surface area contributed by atoms with Crippen LogP contribution in [0.25, 0.3) is 0 Å². The summed E-state index contributed by atoms with van der Waals surface area (Å²) in [7, 11) is 0. The Balaban J connectivity index is 1.84. The summed E-state index contributed by atoms with van der Waals surface area (Å²) >= 11 is 0. The van der Waals surface area contributed by atoms with Gasteiger partial charge in [0.25, 0.3) is 0 Å². The van der Waals surface area contributed by atoms with Crippen LogP contribution < -0.4 is 10.6 Å². The molecule has 1 aromatic carbocycles. The topological polar surface area (TPSA) is 42.1 Å². The first kappa shape index (κ1) is 14.1. The molecule has 21 heavy (non-hydrogen) atoms. The number of aromatic nitrogens is 1. The van der Waals surface area contributed by atoms with Crippen molar-refractivity contribution in [3.05, 3.63) is 53.7 Å². The zero-order valence-corrected chi connectivity index (χ0v) is 12.8. The fourth-order valence-corrected chi connectivity index (χ4v) is 3.04. The number of hydrogen-bond donors (Lipinski definition) is 1. The van der Waals surface area contributed by atoms with Gasteiger partial charge in [-0.05, 0) is 49.4 Å². The molecule has 0 spiro atoms. The lowest BCUT2D eigenvalue weighted by molar-refractivity contribution is 0.645. The number of rotatable bonds is 4. The first-order chi connectivity index (χ1) is 10.2. The number of para-hydroxylation sites is 1. The van der Waals surface area contributed by atoms with Gasteiger partial charge in [-0.15, -0.1) is 0 Å². The van der Waals surface area contributed by atoms with Gasteiger partial charge < -0.3 is 10.6 Å². The molecule has 0 aliphatic carbocycles. The second-order valence-electron chi connectivity index (χ2n) is 5.95. The monoisotopic (exact) mass is 281 g/mol. The van der Waals surface area contributed by atoms with Crippen LogP contribution in [0.4, 0.5) is 11.5 Å². The van der Waals surface area contributed by atoms with Crippen LogP contribution in [0.5, 0.6) is 0 Å². The molecule has 0 saturated heterocycles. The zero-order chi connectivity index (χ0) is 14.8. The van der Waals surface area contributed by atoms with E-state index in [1.54, 1.807) is 0 Å². The van der Waals surface area contributed by atoms with E-state index in [4.69, 9.17) is 5.73 Å². The standard InChI is InChI=1S/C18H23N3/c1-3-16(19)11-14-8-9-18(20-12-14)21-13(2)10-15-6-4-5-7-17(15)21/h4-9,12-13,16H,3,10-11,19H2,1-2H3. The molecule has 0 radical (unpaired) electrons. The van der Waals surface area contributed by atoms with Crippen LogP contribution >= 0.6 is 0 Å². The summed E-state index contributed by atoms with van der Waals surface area (Å²) in [5, 5.41) is 0. The Kier molecular flexibility index (Phi) is 3.93. The lowest BCUT2D eigenvalue weighted by Gasteiger charge is -2.24. The van der Waals surface area contributed by atoms with Crippen LogP contribution in [-0.2, 0) is 12.8 Å². The van der Waals surface area contributed by atoms with Crippen LogP contribution in [-0.4, -0.2) is 17.1 Å². The molecule has 3 heteroatoms. The Hall–Kier alpha value is -1.87. The van der Waals surface area contributed by atoms with Crippen molar-refractivity contribution in [3.8, 4) is 0 Å². The molecule has 1 aromatic heterocycles. The van der Waals surface area contributed by atoms with Gasteiger partial charge in [-0.25, -0.2) is 4.98 Å². The molecule has 2 unspecified atom stereocenters. The van der Waals surface area contributed by atoms with Crippen molar-refractivity contribution in [2.24, 2.45) is 5.73 Å². The molecule has 2 N–H and O–H groups in total. The van der Waals surface area contributed by atoms with Crippen molar-refractivity contribution >= 4 is 11.5 Å². The van der Waals surface area contributed by atoms with Crippen molar-refractivity contribution in [1.29, 1.82) is 0 Å². The molecular formula is C18H23N3. The largest absolute Gasteiger partial charge is 0.327 e. The smallest absolute Gasteiger partial charge is 0.133 e. The Morgan fingerprint density at radius 2 is 2.10 bits per heavy atom. The second-order valence-corrected chi connectivity index (χ2v) is 5.95. The van der Waals surface area contributed by atoms with Crippen LogP contribution in [0.2, 0.25) is 0 Å². The Labute approximate surface area is 126 Å². The highest BCUT2D eigenvalue weighted by molar-refractivity contribution is 5.68. The second kappa shape index (κ2) is 5.86. The first-order valence-corrected chi connectivity index (χ1v) is 7.76. The number of fused-ring (bicyclic) bond motifs is 1. The minimum Gasteiger partial charge on any atom is -0.327 e. The van der Waals surface area contributed by atoms with Gasteiger partial charge in [-0.2, -0.15) is 0 Å². The average molecular weight is 281 g/mol. The molecule has 2 atom stereocenters. The van der Waals surface area contributed by atoms with E-state index in [0.29, 0.717) is 6.04 Å². The third-order valence-corrected chi connectivity index (χ3v) is 4.29. The maximum Gasteiger partial charge on any atom is 0.133 e. The summed E-state index contributed by atoms with van der Waals surface area (Å²) in [5.41, 5.74) is 9.92. The van der Waals surface area contributed by atoms with Gasteiger partial charge in [-0.1, -0.05) is 31.2 Å². The van der Waals surface area contributed by atoms with Crippen molar-refractivity contribution in [2.45, 2.75) is 45.2 Å². The molecule has 3 nitrogen and oxygen atoms in total. The van der Waals surface area contributed by atoms with Gasteiger partial charge in [0.1, 0.15) is 5.82 Å². The Bertz CT molecular complexity index is 606. The third kappa shape index (κ3) is 2.79. The highest BCUT2D eigenvalue weighted by Crippen LogP contribution is 2.36. The van der Waals surface area contributed by atoms with E-state index in [1.807, 2.05) is 6.20 Å². The van der Waals surface area contributed by atoms with Crippen molar-refractivity contribution in [3.63, 3.8) is 0 Å². The van der Waals surface area contributed by atoms with E-state index in [1.165, 1.54) is 16.8 Å². The molecular weight excluding hydrogens is 258 g/mol. The minimum atomic E-state index is 0.226. The van der Waals surface area contributed by atoms with E-state index < -0.39 is 0 Å². The van der Waals surface area contributed by atoms with Crippen LogP contribution in [0.15, 0.2) is 42.6 Å². The number of anilines is 2.